The maximum absolute atomic E-state index is 9.69. The number of rotatable bonds is 5. The number of benzene rings is 1. The van der Waals surface area contributed by atoms with Crippen LogP contribution in [0.1, 0.15) is 36.5 Å². The van der Waals surface area contributed by atoms with Crippen molar-refractivity contribution in [3.8, 4) is 0 Å². The van der Waals surface area contributed by atoms with Crippen LogP contribution in [-0.4, -0.2) is 22.4 Å². The molecule has 2 N–H and O–H groups in total. The third-order valence-electron chi connectivity index (χ3n) is 3.29. The zero-order chi connectivity index (χ0) is 12.1. The van der Waals surface area contributed by atoms with Gasteiger partial charge >= 0.3 is 0 Å². The van der Waals surface area contributed by atoms with Crippen LogP contribution in [0.25, 0.3) is 0 Å². The summed E-state index contributed by atoms with van der Waals surface area (Å²) >= 11 is 0. The molecule has 0 saturated heterocycles. The van der Waals surface area contributed by atoms with Crippen LogP contribution < -0.4 is 0 Å². The van der Waals surface area contributed by atoms with Crippen LogP contribution in [0.3, 0.4) is 0 Å². The van der Waals surface area contributed by atoms with Gasteiger partial charge in [-0.2, -0.15) is 0 Å². The monoisotopic (exact) mass is 222 g/mol. The van der Waals surface area contributed by atoms with E-state index in [1.807, 2.05) is 13.0 Å². The molecule has 1 aromatic carbocycles. The second-order valence-corrected chi connectivity index (χ2v) is 4.44. The molecule has 0 aliphatic heterocycles. The van der Waals surface area contributed by atoms with Gasteiger partial charge in [-0.25, -0.2) is 0 Å². The van der Waals surface area contributed by atoms with E-state index in [1.165, 1.54) is 16.7 Å². The zero-order valence-corrected chi connectivity index (χ0v) is 10.4. The molecule has 2 atom stereocenters. The highest BCUT2D eigenvalue weighted by Gasteiger charge is 2.14. The molecule has 0 aromatic heterocycles. The molecule has 0 spiro atoms. The SMILES string of the molecule is CCC(O)C(O)CCc1cccc(C)c1C. The first-order chi connectivity index (χ1) is 7.56. The first-order valence-electron chi connectivity index (χ1n) is 5.97. The van der Waals surface area contributed by atoms with Crippen LogP contribution in [-0.2, 0) is 6.42 Å². The molecule has 0 amide bonds. The Labute approximate surface area is 97.9 Å². The Bertz CT molecular complexity index is 334. The highest BCUT2D eigenvalue weighted by Crippen LogP contribution is 2.16. The molecule has 2 nitrogen and oxygen atoms in total. The van der Waals surface area contributed by atoms with Gasteiger partial charge in [-0.1, -0.05) is 25.1 Å². The Morgan fingerprint density at radius 3 is 2.44 bits per heavy atom. The van der Waals surface area contributed by atoms with Crippen LogP contribution in [0.2, 0.25) is 0 Å². The predicted octanol–water partition coefficient (Wildman–Crippen LogP) is 2.37. The number of hydrogen-bond donors (Lipinski definition) is 2. The predicted molar refractivity (Wildman–Crippen MR) is 66.5 cm³/mol. The smallest absolute Gasteiger partial charge is 0.0802 e. The Morgan fingerprint density at radius 1 is 1.12 bits per heavy atom. The molecule has 0 bridgehead atoms. The standard InChI is InChI=1S/C14H22O2/c1-4-13(15)14(16)9-8-12-7-5-6-10(2)11(12)3/h5-7,13-16H,4,8-9H2,1-3H3. The summed E-state index contributed by atoms with van der Waals surface area (Å²) in [6.07, 6.45) is 0.856. The third-order valence-corrected chi connectivity index (χ3v) is 3.29. The van der Waals surface area contributed by atoms with E-state index in [0.29, 0.717) is 12.8 Å². The van der Waals surface area contributed by atoms with Crippen LogP contribution in [0.5, 0.6) is 0 Å². The van der Waals surface area contributed by atoms with Gasteiger partial charge in [-0.15, -0.1) is 0 Å². The Kier molecular flexibility index (Phi) is 4.97. The van der Waals surface area contributed by atoms with Crippen molar-refractivity contribution in [1.82, 2.24) is 0 Å². The van der Waals surface area contributed by atoms with Gasteiger partial charge in [0, 0.05) is 0 Å². The summed E-state index contributed by atoms with van der Waals surface area (Å²) in [7, 11) is 0. The van der Waals surface area contributed by atoms with Gasteiger partial charge < -0.3 is 10.2 Å². The largest absolute Gasteiger partial charge is 0.390 e. The lowest BCUT2D eigenvalue weighted by Crippen LogP contribution is -2.25. The molecule has 1 aromatic rings. The molecule has 0 saturated carbocycles. The first-order valence-corrected chi connectivity index (χ1v) is 5.97. The van der Waals surface area contributed by atoms with Gasteiger partial charge in [-0.3, -0.25) is 0 Å². The van der Waals surface area contributed by atoms with Crippen LogP contribution >= 0.6 is 0 Å². The molecular weight excluding hydrogens is 200 g/mol. The molecule has 0 radical (unpaired) electrons. The van der Waals surface area contributed by atoms with Gasteiger partial charge in [0.25, 0.3) is 0 Å². The Morgan fingerprint density at radius 2 is 1.81 bits per heavy atom. The van der Waals surface area contributed by atoms with Crippen LogP contribution in [0.4, 0.5) is 0 Å². The van der Waals surface area contributed by atoms with E-state index in [4.69, 9.17) is 0 Å². The van der Waals surface area contributed by atoms with Gasteiger partial charge in [-0.05, 0) is 49.8 Å². The molecule has 0 aliphatic rings. The van der Waals surface area contributed by atoms with Crippen molar-refractivity contribution in [3.05, 3.63) is 34.9 Å². The zero-order valence-electron chi connectivity index (χ0n) is 10.4. The first kappa shape index (κ1) is 13.2. The number of aryl methyl sites for hydroxylation is 2. The second-order valence-electron chi connectivity index (χ2n) is 4.44. The summed E-state index contributed by atoms with van der Waals surface area (Å²) in [5, 5.41) is 19.2. The summed E-state index contributed by atoms with van der Waals surface area (Å²) in [5.41, 5.74) is 3.84. The van der Waals surface area contributed by atoms with Crippen molar-refractivity contribution >= 4 is 0 Å². The lowest BCUT2D eigenvalue weighted by atomic mass is 9.97. The summed E-state index contributed by atoms with van der Waals surface area (Å²) in [6.45, 7) is 6.08. The van der Waals surface area contributed by atoms with E-state index < -0.39 is 12.2 Å². The Hall–Kier alpha value is -0.860. The molecular formula is C14H22O2. The molecule has 16 heavy (non-hydrogen) atoms. The second kappa shape index (κ2) is 6.02. The minimum Gasteiger partial charge on any atom is -0.390 e. The van der Waals surface area contributed by atoms with Gasteiger partial charge in [0.2, 0.25) is 0 Å². The molecule has 90 valence electrons. The summed E-state index contributed by atoms with van der Waals surface area (Å²) in [4.78, 5) is 0. The average molecular weight is 222 g/mol. The van der Waals surface area contributed by atoms with Gasteiger partial charge in [0.15, 0.2) is 0 Å². The number of hydrogen-bond acceptors (Lipinski definition) is 2. The molecule has 0 heterocycles. The summed E-state index contributed by atoms with van der Waals surface area (Å²) < 4.78 is 0. The minimum atomic E-state index is -0.607. The topological polar surface area (TPSA) is 40.5 Å². The molecule has 1 rings (SSSR count). The van der Waals surface area contributed by atoms with Crippen LogP contribution in [0, 0.1) is 13.8 Å². The fourth-order valence-corrected chi connectivity index (χ4v) is 1.85. The Balaban J connectivity index is 2.58. The maximum Gasteiger partial charge on any atom is 0.0802 e. The summed E-state index contributed by atoms with van der Waals surface area (Å²) in [5.74, 6) is 0. The summed E-state index contributed by atoms with van der Waals surface area (Å²) in [6, 6.07) is 6.23. The highest BCUT2D eigenvalue weighted by molar-refractivity contribution is 5.33. The van der Waals surface area contributed by atoms with Gasteiger partial charge in [0.1, 0.15) is 0 Å². The normalized spacial score (nSPS) is 14.8. The van der Waals surface area contributed by atoms with Crippen molar-refractivity contribution in [2.75, 3.05) is 0 Å². The molecule has 0 fully saturated rings. The van der Waals surface area contributed by atoms with E-state index in [2.05, 4.69) is 26.0 Å². The van der Waals surface area contributed by atoms with Crippen LogP contribution in [0.15, 0.2) is 18.2 Å². The minimum absolute atomic E-state index is 0.592. The van der Waals surface area contributed by atoms with E-state index in [1.54, 1.807) is 0 Å². The number of aliphatic hydroxyl groups excluding tert-OH is 2. The van der Waals surface area contributed by atoms with Crippen molar-refractivity contribution in [1.29, 1.82) is 0 Å². The number of aliphatic hydroxyl groups is 2. The van der Waals surface area contributed by atoms with Crippen molar-refractivity contribution in [3.63, 3.8) is 0 Å². The molecule has 2 unspecified atom stereocenters. The van der Waals surface area contributed by atoms with Crippen molar-refractivity contribution < 1.29 is 10.2 Å². The maximum atomic E-state index is 9.69. The quantitative estimate of drug-likeness (QED) is 0.803. The third kappa shape index (κ3) is 3.32. The lowest BCUT2D eigenvalue weighted by Gasteiger charge is -2.16. The lowest BCUT2D eigenvalue weighted by molar-refractivity contribution is 0.0130. The average Bonchev–Trinajstić information content (AvgIpc) is 2.29. The van der Waals surface area contributed by atoms with Crippen molar-refractivity contribution in [2.24, 2.45) is 0 Å². The van der Waals surface area contributed by atoms with Crippen molar-refractivity contribution in [2.45, 2.75) is 52.2 Å². The molecule has 0 aliphatic carbocycles. The van der Waals surface area contributed by atoms with E-state index in [0.717, 1.165) is 6.42 Å². The fourth-order valence-electron chi connectivity index (χ4n) is 1.85. The van der Waals surface area contributed by atoms with E-state index in [9.17, 15) is 10.2 Å². The van der Waals surface area contributed by atoms with E-state index in [-0.39, 0.29) is 0 Å². The molecule has 2 heteroatoms. The van der Waals surface area contributed by atoms with Gasteiger partial charge in [0.05, 0.1) is 12.2 Å². The van der Waals surface area contributed by atoms with E-state index >= 15 is 0 Å². The highest BCUT2D eigenvalue weighted by atomic mass is 16.3. The fraction of sp³-hybridized carbons (Fsp3) is 0.571.